The van der Waals surface area contributed by atoms with E-state index in [1.165, 1.54) is 0 Å². The van der Waals surface area contributed by atoms with Crippen LogP contribution in [0, 0.1) is 0 Å². The second-order valence-corrected chi connectivity index (χ2v) is 5.46. The van der Waals surface area contributed by atoms with Crippen LogP contribution >= 0.6 is 11.6 Å². The summed E-state index contributed by atoms with van der Waals surface area (Å²) in [7, 11) is 4.04. The summed E-state index contributed by atoms with van der Waals surface area (Å²) in [6.45, 7) is 3.39. The number of halogens is 1. The van der Waals surface area contributed by atoms with E-state index in [1.54, 1.807) is 24.0 Å². The molecule has 1 aromatic rings. The van der Waals surface area contributed by atoms with Gasteiger partial charge < -0.3 is 14.5 Å². The highest BCUT2D eigenvalue weighted by Crippen LogP contribution is 2.36. The fourth-order valence-electron chi connectivity index (χ4n) is 2.16. The highest BCUT2D eigenvalue weighted by molar-refractivity contribution is 6.31. The summed E-state index contributed by atoms with van der Waals surface area (Å²) in [6.07, 6.45) is 0.477. The van der Waals surface area contributed by atoms with Gasteiger partial charge in [0.2, 0.25) is 0 Å². The molecule has 0 fully saturated rings. The predicted octanol–water partition coefficient (Wildman–Crippen LogP) is 2.41. The molecule has 0 aliphatic carbocycles. The van der Waals surface area contributed by atoms with Crippen molar-refractivity contribution in [3.05, 3.63) is 23.2 Å². The Labute approximate surface area is 118 Å². The minimum absolute atomic E-state index is 0.00600. The predicted molar refractivity (Wildman–Crippen MR) is 77.1 cm³/mol. The lowest BCUT2D eigenvalue weighted by molar-refractivity contribution is -0.125. The number of hydrogen-bond donors (Lipinski definition) is 0. The Hall–Kier alpha value is -1.26. The number of carbonyl (C=O) groups excluding carboxylic acids is 1. The number of rotatable bonds is 4. The second-order valence-electron chi connectivity index (χ2n) is 5.02. The first-order valence-electron chi connectivity index (χ1n) is 6.41. The zero-order valence-corrected chi connectivity index (χ0v) is 12.3. The van der Waals surface area contributed by atoms with Crippen molar-refractivity contribution in [2.24, 2.45) is 0 Å². The lowest BCUT2D eigenvalue weighted by Crippen LogP contribution is -2.45. The van der Waals surface area contributed by atoms with E-state index in [2.05, 4.69) is 4.90 Å². The third kappa shape index (κ3) is 3.19. The van der Waals surface area contributed by atoms with Crippen molar-refractivity contribution in [3.63, 3.8) is 0 Å². The van der Waals surface area contributed by atoms with Crippen molar-refractivity contribution >= 4 is 23.2 Å². The SMILES string of the molecule is CC1Oc2ccc(Cl)cc2N(CCCN(C)C)C1=O. The molecular weight excluding hydrogens is 264 g/mol. The quantitative estimate of drug-likeness (QED) is 0.850. The molecule has 1 heterocycles. The van der Waals surface area contributed by atoms with E-state index in [-0.39, 0.29) is 5.91 Å². The molecule has 1 aromatic carbocycles. The first kappa shape index (κ1) is 14.2. The van der Waals surface area contributed by atoms with E-state index in [0.29, 0.717) is 11.6 Å². The third-order valence-corrected chi connectivity index (χ3v) is 3.35. The zero-order valence-electron chi connectivity index (χ0n) is 11.5. The van der Waals surface area contributed by atoms with Gasteiger partial charge in [-0.2, -0.15) is 0 Å². The van der Waals surface area contributed by atoms with Gasteiger partial charge in [-0.15, -0.1) is 0 Å². The van der Waals surface area contributed by atoms with Gasteiger partial charge in [-0.1, -0.05) is 11.6 Å². The summed E-state index contributed by atoms with van der Waals surface area (Å²) in [5.41, 5.74) is 0.773. The molecular formula is C14H19ClN2O2. The molecule has 0 saturated heterocycles. The summed E-state index contributed by atoms with van der Waals surface area (Å²) < 4.78 is 5.60. The molecule has 1 aliphatic rings. The van der Waals surface area contributed by atoms with Gasteiger partial charge in [0.15, 0.2) is 6.10 Å². The van der Waals surface area contributed by atoms with E-state index in [9.17, 15) is 4.79 Å². The van der Waals surface area contributed by atoms with Crippen molar-refractivity contribution in [1.29, 1.82) is 0 Å². The number of benzene rings is 1. The fraction of sp³-hybridized carbons (Fsp3) is 0.500. The average molecular weight is 283 g/mol. The summed E-state index contributed by atoms with van der Waals surface area (Å²) in [6, 6.07) is 5.39. The van der Waals surface area contributed by atoms with E-state index in [0.717, 1.165) is 24.4 Å². The van der Waals surface area contributed by atoms with E-state index < -0.39 is 6.10 Å². The van der Waals surface area contributed by atoms with Crippen molar-refractivity contribution in [3.8, 4) is 5.75 Å². The maximum atomic E-state index is 12.2. The number of hydrogen-bond acceptors (Lipinski definition) is 3. The molecule has 0 N–H and O–H groups in total. The molecule has 2 rings (SSSR count). The standard InChI is InChI=1S/C14H19ClN2O2/c1-10-14(18)17(8-4-7-16(2)3)12-9-11(15)5-6-13(12)19-10/h5-6,9-10H,4,7-8H2,1-3H3. The van der Waals surface area contributed by atoms with Crippen LogP contribution in [0.2, 0.25) is 5.02 Å². The van der Waals surface area contributed by atoms with Crippen LogP contribution in [0.5, 0.6) is 5.75 Å². The minimum atomic E-state index is -0.437. The molecule has 1 aliphatic heterocycles. The zero-order chi connectivity index (χ0) is 14.0. The summed E-state index contributed by atoms with van der Waals surface area (Å²) >= 11 is 6.01. The van der Waals surface area contributed by atoms with Crippen LogP contribution < -0.4 is 9.64 Å². The van der Waals surface area contributed by atoms with Gasteiger partial charge in [-0.25, -0.2) is 0 Å². The van der Waals surface area contributed by atoms with Crippen molar-refractivity contribution in [2.75, 3.05) is 32.1 Å². The van der Waals surface area contributed by atoms with Crippen molar-refractivity contribution in [2.45, 2.75) is 19.4 Å². The Bertz CT molecular complexity index is 477. The van der Waals surface area contributed by atoms with Crippen LogP contribution in [0.25, 0.3) is 0 Å². The van der Waals surface area contributed by atoms with Gasteiger partial charge in [0.25, 0.3) is 5.91 Å². The van der Waals surface area contributed by atoms with Gasteiger partial charge in [-0.05, 0) is 52.2 Å². The lowest BCUT2D eigenvalue weighted by Gasteiger charge is -2.33. The molecule has 4 nitrogen and oxygen atoms in total. The van der Waals surface area contributed by atoms with Crippen LogP contribution in [0.3, 0.4) is 0 Å². The number of fused-ring (bicyclic) bond motifs is 1. The second kappa shape index (κ2) is 5.80. The fourth-order valence-corrected chi connectivity index (χ4v) is 2.32. The first-order valence-corrected chi connectivity index (χ1v) is 6.79. The molecule has 0 spiro atoms. The molecule has 0 bridgehead atoms. The Kier molecular flexibility index (Phi) is 4.32. The van der Waals surface area contributed by atoms with Crippen LogP contribution in [0.4, 0.5) is 5.69 Å². The maximum absolute atomic E-state index is 12.2. The van der Waals surface area contributed by atoms with Gasteiger partial charge >= 0.3 is 0 Å². The molecule has 1 amide bonds. The van der Waals surface area contributed by atoms with E-state index >= 15 is 0 Å². The Morgan fingerprint density at radius 3 is 2.84 bits per heavy atom. The molecule has 0 saturated carbocycles. The number of nitrogens with zero attached hydrogens (tertiary/aromatic N) is 2. The Balaban J connectivity index is 2.20. The summed E-state index contributed by atoms with van der Waals surface area (Å²) in [5, 5.41) is 0.613. The first-order chi connectivity index (χ1) is 8.99. The van der Waals surface area contributed by atoms with Gasteiger partial charge in [0.1, 0.15) is 5.75 Å². The molecule has 5 heteroatoms. The topological polar surface area (TPSA) is 32.8 Å². The molecule has 0 aromatic heterocycles. The smallest absolute Gasteiger partial charge is 0.267 e. The molecule has 1 unspecified atom stereocenters. The molecule has 104 valence electrons. The largest absolute Gasteiger partial charge is 0.479 e. The summed E-state index contributed by atoms with van der Waals surface area (Å²) in [5.74, 6) is 0.717. The number of amides is 1. The maximum Gasteiger partial charge on any atom is 0.267 e. The number of carbonyl (C=O) groups is 1. The minimum Gasteiger partial charge on any atom is -0.479 e. The molecule has 1 atom stereocenters. The van der Waals surface area contributed by atoms with Crippen LogP contribution in [0.15, 0.2) is 18.2 Å². The monoisotopic (exact) mass is 282 g/mol. The van der Waals surface area contributed by atoms with Gasteiger partial charge in [0.05, 0.1) is 5.69 Å². The van der Waals surface area contributed by atoms with Crippen LogP contribution in [-0.4, -0.2) is 44.1 Å². The molecule has 19 heavy (non-hydrogen) atoms. The van der Waals surface area contributed by atoms with Gasteiger partial charge in [-0.3, -0.25) is 4.79 Å². The average Bonchev–Trinajstić information content (AvgIpc) is 2.34. The third-order valence-electron chi connectivity index (χ3n) is 3.12. The van der Waals surface area contributed by atoms with E-state index in [4.69, 9.17) is 16.3 Å². The lowest BCUT2D eigenvalue weighted by atomic mass is 10.1. The highest BCUT2D eigenvalue weighted by atomic mass is 35.5. The van der Waals surface area contributed by atoms with Crippen LogP contribution in [-0.2, 0) is 4.79 Å². The van der Waals surface area contributed by atoms with Crippen LogP contribution in [0.1, 0.15) is 13.3 Å². The van der Waals surface area contributed by atoms with Gasteiger partial charge in [0, 0.05) is 11.6 Å². The summed E-state index contributed by atoms with van der Waals surface area (Å²) in [4.78, 5) is 16.1. The number of anilines is 1. The number of ether oxygens (including phenoxy) is 1. The molecule has 0 radical (unpaired) electrons. The highest BCUT2D eigenvalue weighted by Gasteiger charge is 2.31. The van der Waals surface area contributed by atoms with Crippen molar-refractivity contribution in [1.82, 2.24) is 4.90 Å². The Morgan fingerprint density at radius 2 is 2.16 bits per heavy atom. The normalized spacial score (nSPS) is 18.5. The van der Waals surface area contributed by atoms with E-state index in [1.807, 2.05) is 20.2 Å². The van der Waals surface area contributed by atoms with Crippen molar-refractivity contribution < 1.29 is 9.53 Å². The Morgan fingerprint density at radius 1 is 1.42 bits per heavy atom.